The Kier molecular flexibility index (Phi) is 6.81. The Bertz CT molecular complexity index is 645. The molecule has 122 valence electrons. The summed E-state index contributed by atoms with van der Waals surface area (Å²) in [7, 11) is 3.27. The van der Waals surface area contributed by atoms with Gasteiger partial charge in [0.25, 0.3) is 0 Å². The molecule has 0 spiro atoms. The highest BCUT2D eigenvalue weighted by Crippen LogP contribution is 2.27. The maximum Gasteiger partial charge on any atom is 0.160 e. The van der Waals surface area contributed by atoms with E-state index < -0.39 is 0 Å². The van der Waals surface area contributed by atoms with Crippen LogP contribution in [0.4, 0.5) is 0 Å². The number of hydrogen-bond donors (Lipinski definition) is 1. The summed E-state index contributed by atoms with van der Waals surface area (Å²) in [5, 5.41) is 0.620. The highest BCUT2D eigenvalue weighted by atomic mass is 32.2. The maximum absolute atomic E-state index is 5.96. The molecule has 2 N–H and O–H groups in total. The second-order valence-electron chi connectivity index (χ2n) is 4.93. The number of rotatable bonds is 7. The van der Waals surface area contributed by atoms with E-state index in [2.05, 4.69) is 17.1 Å². The minimum absolute atomic E-state index is 0.620. The minimum Gasteiger partial charge on any atom is -0.493 e. The third-order valence-corrected chi connectivity index (χ3v) is 4.25. The zero-order valence-electron chi connectivity index (χ0n) is 13.5. The lowest BCUT2D eigenvalue weighted by atomic mass is 10.1. The molecule has 0 aliphatic heterocycles. The van der Waals surface area contributed by atoms with Gasteiger partial charge in [-0.2, -0.15) is 0 Å². The van der Waals surface area contributed by atoms with Crippen LogP contribution in [0.3, 0.4) is 0 Å². The molecule has 5 heteroatoms. The highest BCUT2D eigenvalue weighted by molar-refractivity contribution is 8.13. The van der Waals surface area contributed by atoms with E-state index in [1.807, 2.05) is 36.4 Å². The summed E-state index contributed by atoms with van der Waals surface area (Å²) >= 11 is 1.56. The third kappa shape index (κ3) is 5.53. The summed E-state index contributed by atoms with van der Waals surface area (Å²) in [6.07, 6.45) is 0.812. The van der Waals surface area contributed by atoms with Gasteiger partial charge < -0.3 is 15.2 Å². The van der Waals surface area contributed by atoms with Gasteiger partial charge in [0.15, 0.2) is 16.7 Å². The maximum atomic E-state index is 5.96. The van der Waals surface area contributed by atoms with Crippen LogP contribution < -0.4 is 15.2 Å². The van der Waals surface area contributed by atoms with Gasteiger partial charge in [-0.1, -0.05) is 48.2 Å². The van der Waals surface area contributed by atoms with Crippen LogP contribution in [0.25, 0.3) is 0 Å². The van der Waals surface area contributed by atoms with Gasteiger partial charge in [-0.25, -0.2) is 0 Å². The molecule has 0 atom stereocenters. The van der Waals surface area contributed by atoms with Crippen LogP contribution in [-0.4, -0.2) is 25.9 Å². The number of nitrogens with two attached hydrogens (primary N) is 1. The molecule has 0 aromatic heterocycles. The monoisotopic (exact) mass is 330 g/mol. The van der Waals surface area contributed by atoms with Crippen LogP contribution >= 0.6 is 11.8 Å². The first-order valence-corrected chi connectivity index (χ1v) is 8.39. The largest absolute Gasteiger partial charge is 0.493 e. The van der Waals surface area contributed by atoms with Crippen LogP contribution in [-0.2, 0) is 12.2 Å². The van der Waals surface area contributed by atoms with Crippen molar-refractivity contribution >= 4 is 16.9 Å². The standard InChI is InChI=1S/C18H22N2O2S/c1-21-16-9-8-14(12-17(16)22-2)10-11-20-18(19)23-13-15-6-4-3-5-7-15/h3-9,12H,10-11,13H2,1-2H3,(H2,19,20). The molecule has 0 unspecified atom stereocenters. The smallest absolute Gasteiger partial charge is 0.160 e. The Morgan fingerprint density at radius 3 is 2.43 bits per heavy atom. The molecule has 0 fully saturated rings. The Balaban J connectivity index is 1.83. The van der Waals surface area contributed by atoms with Crippen LogP contribution in [0.15, 0.2) is 53.5 Å². The van der Waals surface area contributed by atoms with E-state index in [0.717, 1.165) is 29.2 Å². The summed E-state index contributed by atoms with van der Waals surface area (Å²) in [6.45, 7) is 0.656. The summed E-state index contributed by atoms with van der Waals surface area (Å²) in [5.41, 5.74) is 8.35. The van der Waals surface area contributed by atoms with Crippen molar-refractivity contribution in [3.63, 3.8) is 0 Å². The zero-order chi connectivity index (χ0) is 16.5. The topological polar surface area (TPSA) is 56.8 Å². The molecule has 0 heterocycles. The number of methoxy groups -OCH3 is 2. The van der Waals surface area contributed by atoms with Gasteiger partial charge in [0.2, 0.25) is 0 Å². The van der Waals surface area contributed by atoms with E-state index in [9.17, 15) is 0 Å². The van der Waals surface area contributed by atoms with Crippen molar-refractivity contribution in [2.45, 2.75) is 12.2 Å². The van der Waals surface area contributed by atoms with Gasteiger partial charge in [0, 0.05) is 12.3 Å². The SMILES string of the molecule is COc1ccc(CCN=C(N)SCc2ccccc2)cc1OC. The van der Waals surface area contributed by atoms with E-state index in [1.165, 1.54) is 5.56 Å². The quantitative estimate of drug-likeness (QED) is 0.623. The number of benzene rings is 2. The van der Waals surface area contributed by atoms with E-state index in [4.69, 9.17) is 15.2 Å². The Morgan fingerprint density at radius 2 is 1.74 bits per heavy atom. The predicted octanol–water partition coefficient (Wildman–Crippen LogP) is 3.49. The lowest BCUT2D eigenvalue weighted by molar-refractivity contribution is 0.354. The van der Waals surface area contributed by atoms with Crippen LogP contribution in [0.2, 0.25) is 0 Å². The molecule has 0 saturated carbocycles. The third-order valence-electron chi connectivity index (χ3n) is 3.35. The highest BCUT2D eigenvalue weighted by Gasteiger charge is 2.04. The zero-order valence-corrected chi connectivity index (χ0v) is 14.3. The van der Waals surface area contributed by atoms with Crippen molar-refractivity contribution in [1.29, 1.82) is 0 Å². The Labute approximate surface area is 141 Å². The molecule has 0 amide bonds. The second-order valence-corrected chi connectivity index (χ2v) is 5.93. The molecule has 0 aliphatic rings. The van der Waals surface area contributed by atoms with Gasteiger partial charge in [-0.15, -0.1) is 0 Å². The van der Waals surface area contributed by atoms with Gasteiger partial charge >= 0.3 is 0 Å². The fourth-order valence-corrected chi connectivity index (χ4v) is 2.80. The molecule has 23 heavy (non-hydrogen) atoms. The van der Waals surface area contributed by atoms with Crippen molar-refractivity contribution in [1.82, 2.24) is 0 Å². The Morgan fingerprint density at radius 1 is 1.00 bits per heavy atom. The summed E-state index contributed by atoms with van der Waals surface area (Å²) in [5.74, 6) is 2.31. The fraction of sp³-hybridized carbons (Fsp3) is 0.278. The number of nitrogens with zero attached hydrogens (tertiary/aromatic N) is 1. The molecule has 0 bridgehead atoms. The lowest BCUT2D eigenvalue weighted by Gasteiger charge is -2.09. The van der Waals surface area contributed by atoms with Gasteiger partial charge in [-0.05, 0) is 29.7 Å². The number of amidine groups is 1. The van der Waals surface area contributed by atoms with Gasteiger partial charge in [-0.3, -0.25) is 4.99 Å². The van der Waals surface area contributed by atoms with Crippen molar-refractivity contribution < 1.29 is 9.47 Å². The van der Waals surface area contributed by atoms with Crippen LogP contribution in [0.1, 0.15) is 11.1 Å². The summed E-state index contributed by atoms with van der Waals surface area (Å²) in [6, 6.07) is 16.1. The average Bonchev–Trinajstić information content (AvgIpc) is 2.60. The van der Waals surface area contributed by atoms with Crippen LogP contribution in [0.5, 0.6) is 11.5 Å². The number of ether oxygens (including phenoxy) is 2. The molecule has 2 aromatic carbocycles. The molecule has 0 radical (unpaired) electrons. The summed E-state index contributed by atoms with van der Waals surface area (Å²) < 4.78 is 10.5. The van der Waals surface area contributed by atoms with Crippen molar-refractivity contribution in [3.8, 4) is 11.5 Å². The molecule has 2 rings (SSSR count). The predicted molar refractivity (Wildman–Crippen MR) is 97.5 cm³/mol. The van der Waals surface area contributed by atoms with Crippen molar-refractivity contribution in [2.75, 3.05) is 20.8 Å². The Hall–Kier alpha value is -2.14. The number of aliphatic imine (C=N–C) groups is 1. The van der Waals surface area contributed by atoms with E-state index in [-0.39, 0.29) is 0 Å². The van der Waals surface area contributed by atoms with Crippen molar-refractivity contribution in [3.05, 3.63) is 59.7 Å². The molecular formula is C18H22N2O2S. The molecular weight excluding hydrogens is 308 g/mol. The summed E-state index contributed by atoms with van der Waals surface area (Å²) in [4.78, 5) is 4.42. The first-order chi connectivity index (χ1) is 11.2. The van der Waals surface area contributed by atoms with Crippen LogP contribution in [0, 0.1) is 0 Å². The fourth-order valence-electron chi connectivity index (χ4n) is 2.11. The van der Waals surface area contributed by atoms with Gasteiger partial charge in [0.05, 0.1) is 14.2 Å². The minimum atomic E-state index is 0.620. The number of hydrogen-bond acceptors (Lipinski definition) is 4. The first-order valence-electron chi connectivity index (χ1n) is 7.40. The average molecular weight is 330 g/mol. The van der Waals surface area contributed by atoms with Gasteiger partial charge in [0.1, 0.15) is 0 Å². The van der Waals surface area contributed by atoms with E-state index >= 15 is 0 Å². The second kappa shape index (κ2) is 9.10. The van der Waals surface area contributed by atoms with E-state index in [1.54, 1.807) is 26.0 Å². The molecule has 4 nitrogen and oxygen atoms in total. The first kappa shape index (κ1) is 17.2. The van der Waals surface area contributed by atoms with E-state index in [0.29, 0.717) is 11.7 Å². The lowest BCUT2D eigenvalue weighted by Crippen LogP contribution is -2.08. The molecule has 2 aromatic rings. The molecule has 0 saturated heterocycles. The normalized spacial score (nSPS) is 11.3. The molecule has 0 aliphatic carbocycles. The number of thioether (sulfide) groups is 1. The van der Waals surface area contributed by atoms with Crippen molar-refractivity contribution in [2.24, 2.45) is 10.7 Å².